The van der Waals surface area contributed by atoms with Crippen molar-refractivity contribution >= 4 is 5.78 Å². The predicted molar refractivity (Wildman–Crippen MR) is 67.6 cm³/mol. The van der Waals surface area contributed by atoms with E-state index in [9.17, 15) is 18.0 Å². The van der Waals surface area contributed by atoms with Crippen LogP contribution in [0.1, 0.15) is 31.9 Å². The molecule has 106 valence electrons. The van der Waals surface area contributed by atoms with E-state index < -0.39 is 23.2 Å². The maximum atomic E-state index is 12.6. The molecule has 1 rings (SSSR count). The summed E-state index contributed by atoms with van der Waals surface area (Å²) >= 11 is 0. The summed E-state index contributed by atoms with van der Waals surface area (Å²) in [7, 11) is 0. The summed E-state index contributed by atoms with van der Waals surface area (Å²) in [6.07, 6.45) is -4.27. The minimum Gasteiger partial charge on any atom is -0.321 e. The molecular weight excluding hydrogens is 255 g/mol. The Hall–Kier alpha value is -1.36. The van der Waals surface area contributed by atoms with Gasteiger partial charge >= 0.3 is 6.18 Å². The summed E-state index contributed by atoms with van der Waals surface area (Å²) in [6, 6.07) is 4.12. The number of carbonyl (C=O) groups is 1. The van der Waals surface area contributed by atoms with Crippen molar-refractivity contribution < 1.29 is 18.0 Å². The summed E-state index contributed by atoms with van der Waals surface area (Å²) in [4.78, 5) is 11.9. The van der Waals surface area contributed by atoms with E-state index in [4.69, 9.17) is 5.73 Å². The number of halogens is 3. The Bertz CT molecular complexity index is 460. The minimum atomic E-state index is -4.38. The molecule has 0 heterocycles. The lowest BCUT2D eigenvalue weighted by molar-refractivity contribution is -0.137. The first-order valence-corrected chi connectivity index (χ1v) is 5.98. The van der Waals surface area contributed by atoms with Crippen LogP contribution in [0.3, 0.4) is 0 Å². The predicted octanol–water partition coefficient (Wildman–Crippen LogP) is 3.19. The van der Waals surface area contributed by atoms with E-state index in [-0.39, 0.29) is 12.2 Å². The Kier molecular flexibility index (Phi) is 4.40. The first kappa shape index (κ1) is 15.7. The first-order chi connectivity index (χ1) is 8.51. The van der Waals surface area contributed by atoms with Crippen LogP contribution < -0.4 is 5.73 Å². The Balaban J connectivity index is 2.87. The normalized spacial score (nSPS) is 14.3. The van der Waals surface area contributed by atoms with Crippen molar-refractivity contribution in [1.82, 2.24) is 0 Å². The zero-order valence-corrected chi connectivity index (χ0v) is 11.2. The summed E-state index contributed by atoms with van der Waals surface area (Å²) in [5.74, 6) is -0.162. The second kappa shape index (κ2) is 5.33. The van der Waals surface area contributed by atoms with E-state index in [0.29, 0.717) is 5.56 Å². The molecule has 1 aromatic carbocycles. The lowest BCUT2D eigenvalue weighted by Gasteiger charge is -2.22. The van der Waals surface area contributed by atoms with Gasteiger partial charge in [0.1, 0.15) is 0 Å². The molecule has 0 fully saturated rings. The summed E-state index contributed by atoms with van der Waals surface area (Å²) in [5.41, 5.74) is 4.86. The smallest absolute Gasteiger partial charge is 0.321 e. The fourth-order valence-corrected chi connectivity index (χ4v) is 1.78. The van der Waals surface area contributed by atoms with Crippen LogP contribution in [0, 0.1) is 5.41 Å². The highest BCUT2D eigenvalue weighted by atomic mass is 19.4. The average molecular weight is 273 g/mol. The van der Waals surface area contributed by atoms with E-state index >= 15 is 0 Å². The van der Waals surface area contributed by atoms with Gasteiger partial charge in [-0.3, -0.25) is 4.79 Å². The second-order valence-corrected chi connectivity index (χ2v) is 5.62. The molecule has 1 atom stereocenters. The van der Waals surface area contributed by atoms with Crippen molar-refractivity contribution in [2.24, 2.45) is 11.1 Å². The van der Waals surface area contributed by atoms with Gasteiger partial charge < -0.3 is 5.73 Å². The minimum absolute atomic E-state index is 0.111. The highest BCUT2D eigenvalue weighted by Gasteiger charge is 2.31. The van der Waals surface area contributed by atoms with Crippen molar-refractivity contribution in [2.45, 2.75) is 39.4 Å². The van der Waals surface area contributed by atoms with Gasteiger partial charge in [-0.1, -0.05) is 39.0 Å². The fraction of sp³-hybridized carbons (Fsp3) is 0.500. The third-order valence-electron chi connectivity index (χ3n) is 2.79. The summed E-state index contributed by atoms with van der Waals surface area (Å²) in [6.45, 7) is 5.21. The Labute approximate surface area is 110 Å². The van der Waals surface area contributed by atoms with Crippen molar-refractivity contribution in [1.29, 1.82) is 0 Å². The fourth-order valence-electron chi connectivity index (χ4n) is 1.78. The van der Waals surface area contributed by atoms with Gasteiger partial charge in [-0.15, -0.1) is 0 Å². The van der Waals surface area contributed by atoms with Gasteiger partial charge in [0.25, 0.3) is 0 Å². The third kappa shape index (κ3) is 4.35. The van der Waals surface area contributed by atoms with Crippen molar-refractivity contribution in [3.63, 3.8) is 0 Å². The van der Waals surface area contributed by atoms with E-state index in [1.165, 1.54) is 6.07 Å². The lowest BCUT2D eigenvalue weighted by Crippen LogP contribution is -2.40. The zero-order chi connectivity index (χ0) is 14.8. The van der Waals surface area contributed by atoms with Crippen LogP contribution in [0.2, 0.25) is 0 Å². The average Bonchev–Trinajstić information content (AvgIpc) is 2.26. The van der Waals surface area contributed by atoms with Crippen LogP contribution in [-0.4, -0.2) is 11.8 Å². The Morgan fingerprint density at radius 1 is 1.26 bits per heavy atom. The topological polar surface area (TPSA) is 43.1 Å². The zero-order valence-electron chi connectivity index (χ0n) is 11.2. The molecule has 0 unspecified atom stereocenters. The van der Waals surface area contributed by atoms with Crippen molar-refractivity contribution in [2.75, 3.05) is 0 Å². The molecule has 19 heavy (non-hydrogen) atoms. The van der Waals surface area contributed by atoms with E-state index in [2.05, 4.69) is 0 Å². The second-order valence-electron chi connectivity index (χ2n) is 5.62. The summed E-state index contributed by atoms with van der Waals surface area (Å²) < 4.78 is 37.7. The molecule has 0 aromatic heterocycles. The van der Waals surface area contributed by atoms with Gasteiger partial charge in [0.15, 0.2) is 5.78 Å². The van der Waals surface area contributed by atoms with Gasteiger partial charge in [0, 0.05) is 5.41 Å². The van der Waals surface area contributed by atoms with E-state index in [1.54, 1.807) is 26.8 Å². The van der Waals surface area contributed by atoms with Crippen LogP contribution >= 0.6 is 0 Å². The Morgan fingerprint density at radius 2 is 1.84 bits per heavy atom. The number of hydrogen-bond donors (Lipinski definition) is 1. The van der Waals surface area contributed by atoms with Gasteiger partial charge in [-0.05, 0) is 18.1 Å². The summed E-state index contributed by atoms with van der Waals surface area (Å²) in [5, 5.41) is 0. The molecule has 0 aliphatic carbocycles. The van der Waals surface area contributed by atoms with Gasteiger partial charge in [-0.2, -0.15) is 13.2 Å². The number of Topliss-reactive ketones (excluding diaryl/α,β-unsaturated/α-hetero) is 1. The number of benzene rings is 1. The third-order valence-corrected chi connectivity index (χ3v) is 2.79. The molecule has 2 nitrogen and oxygen atoms in total. The molecule has 0 amide bonds. The van der Waals surface area contributed by atoms with E-state index in [0.717, 1.165) is 12.1 Å². The first-order valence-electron chi connectivity index (χ1n) is 5.98. The number of carbonyl (C=O) groups excluding carboxylic acids is 1. The van der Waals surface area contributed by atoms with Crippen LogP contribution in [0.15, 0.2) is 24.3 Å². The van der Waals surface area contributed by atoms with Crippen LogP contribution in [-0.2, 0) is 17.4 Å². The Morgan fingerprint density at radius 3 is 2.32 bits per heavy atom. The van der Waals surface area contributed by atoms with Crippen LogP contribution in [0.5, 0.6) is 0 Å². The quantitative estimate of drug-likeness (QED) is 0.919. The van der Waals surface area contributed by atoms with E-state index in [1.807, 2.05) is 0 Å². The molecular formula is C14H18F3NO. The SMILES string of the molecule is CC(C)(C)C(=O)[C@@H](N)Cc1cccc(C(F)(F)F)c1. The van der Waals surface area contributed by atoms with Crippen molar-refractivity contribution in [3.8, 4) is 0 Å². The van der Waals surface area contributed by atoms with Crippen LogP contribution in [0.25, 0.3) is 0 Å². The maximum absolute atomic E-state index is 12.6. The lowest BCUT2D eigenvalue weighted by atomic mass is 9.84. The largest absolute Gasteiger partial charge is 0.416 e. The molecule has 2 N–H and O–H groups in total. The highest BCUT2D eigenvalue weighted by Crippen LogP contribution is 2.30. The number of nitrogens with two attached hydrogens (primary N) is 1. The molecule has 0 aliphatic rings. The number of hydrogen-bond acceptors (Lipinski definition) is 2. The molecule has 5 heteroatoms. The standard InChI is InChI=1S/C14H18F3NO/c1-13(2,3)12(19)11(18)8-9-5-4-6-10(7-9)14(15,16)17/h4-7,11H,8,18H2,1-3H3/t11-/m0/s1. The number of ketones is 1. The molecule has 0 spiro atoms. The van der Waals surface area contributed by atoms with Crippen LogP contribution in [0.4, 0.5) is 13.2 Å². The molecule has 0 saturated heterocycles. The number of rotatable bonds is 3. The van der Waals surface area contributed by atoms with Crippen molar-refractivity contribution in [3.05, 3.63) is 35.4 Å². The van der Waals surface area contributed by atoms with Gasteiger partial charge in [0.2, 0.25) is 0 Å². The van der Waals surface area contributed by atoms with Gasteiger partial charge in [-0.25, -0.2) is 0 Å². The maximum Gasteiger partial charge on any atom is 0.416 e. The molecule has 0 radical (unpaired) electrons. The molecule has 0 bridgehead atoms. The monoisotopic (exact) mass is 273 g/mol. The molecule has 0 saturated carbocycles. The molecule has 0 aliphatic heterocycles. The highest BCUT2D eigenvalue weighted by molar-refractivity contribution is 5.88. The van der Waals surface area contributed by atoms with Gasteiger partial charge in [0.05, 0.1) is 11.6 Å². The molecule has 1 aromatic rings. The number of alkyl halides is 3.